The normalized spacial score (nSPS) is 11.6. The van der Waals surface area contributed by atoms with Crippen molar-refractivity contribution in [1.29, 1.82) is 0 Å². The summed E-state index contributed by atoms with van der Waals surface area (Å²) in [4.78, 5) is 0.149. The molecule has 6 heteroatoms. The largest absolute Gasteiger partial charge is 0.569 e. The minimum Gasteiger partial charge on any atom is -0.569 e. The molecule has 66 valence electrons. The molecular formula is C5H14N4O2. The zero-order valence-corrected chi connectivity index (χ0v) is 6.60. The van der Waals surface area contributed by atoms with Crippen molar-refractivity contribution in [3.8, 4) is 0 Å². The van der Waals surface area contributed by atoms with Gasteiger partial charge in [0.15, 0.2) is 0 Å². The predicted molar refractivity (Wildman–Crippen MR) is 38.8 cm³/mol. The summed E-state index contributed by atoms with van der Waals surface area (Å²) in [5, 5.41) is 22.6. The van der Waals surface area contributed by atoms with Crippen LogP contribution in [0.4, 0.5) is 0 Å². The molecule has 3 N–H and O–H groups in total. The Kier molecular flexibility index (Phi) is 5.18. The van der Waals surface area contributed by atoms with Crippen molar-refractivity contribution in [2.45, 2.75) is 13.3 Å². The van der Waals surface area contributed by atoms with Crippen LogP contribution in [0.15, 0.2) is 5.28 Å². The number of rotatable bonds is 5. The molecule has 0 spiro atoms. The maximum Gasteiger partial charge on any atom is 0.230 e. The lowest BCUT2D eigenvalue weighted by Crippen LogP contribution is -2.35. The van der Waals surface area contributed by atoms with E-state index in [1.54, 1.807) is 0 Å². The van der Waals surface area contributed by atoms with Crippen LogP contribution in [-0.2, 0) is 0 Å². The summed E-state index contributed by atoms with van der Waals surface area (Å²) in [5.41, 5.74) is 5.22. The van der Waals surface area contributed by atoms with Gasteiger partial charge < -0.3 is 16.1 Å². The van der Waals surface area contributed by atoms with Gasteiger partial charge in [-0.2, -0.15) is 0 Å². The first-order valence-corrected chi connectivity index (χ1v) is 3.53. The van der Waals surface area contributed by atoms with Gasteiger partial charge >= 0.3 is 0 Å². The molecule has 0 aliphatic heterocycles. The minimum atomic E-state index is 0.149. The van der Waals surface area contributed by atoms with E-state index in [2.05, 4.69) is 5.28 Å². The highest BCUT2D eigenvalue weighted by Crippen LogP contribution is 1.90. The van der Waals surface area contributed by atoms with Crippen molar-refractivity contribution in [2.75, 3.05) is 19.6 Å². The van der Waals surface area contributed by atoms with E-state index in [-0.39, 0.29) is 4.97 Å². The van der Waals surface area contributed by atoms with Gasteiger partial charge in [0.2, 0.25) is 5.28 Å². The molecule has 0 rings (SSSR count). The van der Waals surface area contributed by atoms with Gasteiger partial charge in [-0.1, -0.05) is 6.92 Å². The molecule has 0 aromatic heterocycles. The summed E-state index contributed by atoms with van der Waals surface area (Å²) in [5.74, 6) is 0. The van der Waals surface area contributed by atoms with E-state index in [9.17, 15) is 5.21 Å². The summed E-state index contributed by atoms with van der Waals surface area (Å²) < 4.78 is 0. The van der Waals surface area contributed by atoms with Gasteiger partial charge in [0, 0.05) is 6.54 Å². The fourth-order valence-corrected chi connectivity index (χ4v) is 0.747. The molecule has 0 fully saturated rings. The van der Waals surface area contributed by atoms with Crippen LogP contribution in [0, 0.1) is 5.21 Å². The van der Waals surface area contributed by atoms with Crippen LogP contribution in [0.25, 0.3) is 0 Å². The third kappa shape index (κ3) is 3.61. The Hall–Kier alpha value is -1.04. The van der Waals surface area contributed by atoms with Crippen molar-refractivity contribution in [3.05, 3.63) is 5.21 Å². The molecule has 11 heavy (non-hydrogen) atoms. The lowest BCUT2D eigenvalue weighted by molar-refractivity contribution is -0.709. The summed E-state index contributed by atoms with van der Waals surface area (Å²) >= 11 is 0. The molecule has 0 amide bonds. The molecule has 0 saturated heterocycles. The van der Waals surface area contributed by atoms with Crippen LogP contribution in [0.1, 0.15) is 13.3 Å². The van der Waals surface area contributed by atoms with Crippen LogP contribution in [0.2, 0.25) is 0 Å². The highest BCUT2D eigenvalue weighted by molar-refractivity contribution is 4.43. The quantitative estimate of drug-likeness (QED) is 0.336. The first-order valence-electron chi connectivity index (χ1n) is 3.53. The zero-order chi connectivity index (χ0) is 8.69. The molecule has 0 heterocycles. The number of hydrogen-bond acceptors (Lipinski definition) is 3. The molecule has 0 aliphatic carbocycles. The van der Waals surface area contributed by atoms with Gasteiger partial charge in [0.05, 0.1) is 18.1 Å². The van der Waals surface area contributed by atoms with Gasteiger partial charge in [0.25, 0.3) is 0 Å². The molecule has 0 saturated carbocycles. The van der Waals surface area contributed by atoms with Gasteiger partial charge in [0.1, 0.15) is 0 Å². The minimum absolute atomic E-state index is 0.149. The van der Waals surface area contributed by atoms with E-state index >= 15 is 0 Å². The monoisotopic (exact) mass is 162 g/mol. The maximum absolute atomic E-state index is 10.7. The Balaban J connectivity index is 3.87. The Morgan fingerprint density at radius 3 is 2.64 bits per heavy atom. The second kappa shape index (κ2) is 5.72. The van der Waals surface area contributed by atoms with E-state index in [1.165, 1.54) is 5.01 Å². The topological polar surface area (TPSA) is 87.9 Å². The number of nitrogens with zero attached hydrogens (tertiary/aromatic N) is 3. The molecule has 0 aromatic rings. The average molecular weight is 162 g/mol. The molecule has 0 aromatic carbocycles. The first kappa shape index (κ1) is 9.96. The lowest BCUT2D eigenvalue weighted by atomic mass is 10.4. The molecule has 0 atom stereocenters. The van der Waals surface area contributed by atoms with Gasteiger partial charge in [-0.3, -0.25) is 0 Å². The fraction of sp³-hybridized carbons (Fsp3) is 1.00. The van der Waals surface area contributed by atoms with E-state index in [1.807, 2.05) is 6.92 Å². The number of nitrogens with two attached hydrogens (primary N) is 1. The number of hydrazine groups is 1. The highest BCUT2D eigenvalue weighted by Gasteiger charge is 2.08. The average Bonchev–Trinajstić information content (AvgIpc) is 2.03. The molecule has 0 aliphatic rings. The molecule has 0 unspecified atom stereocenters. The third-order valence-electron chi connectivity index (χ3n) is 1.19. The summed E-state index contributed by atoms with van der Waals surface area (Å²) in [6.45, 7) is 3.25. The van der Waals surface area contributed by atoms with Crippen molar-refractivity contribution in [1.82, 2.24) is 5.01 Å². The molecule has 0 bridgehead atoms. The Labute approximate surface area is 65.4 Å². The molecule has 0 radical (unpaired) electrons. The Bertz CT molecular complexity index is 122. The molecule has 6 nitrogen and oxygen atoms in total. The summed E-state index contributed by atoms with van der Waals surface area (Å²) in [7, 11) is 0. The lowest BCUT2D eigenvalue weighted by Gasteiger charge is -2.15. The number of hydrogen-bond donors (Lipinski definition) is 2. The van der Waals surface area contributed by atoms with E-state index in [0.29, 0.717) is 19.6 Å². The highest BCUT2D eigenvalue weighted by atomic mass is 16.6. The van der Waals surface area contributed by atoms with Gasteiger partial charge in [-0.05, 0) is 6.42 Å². The Morgan fingerprint density at radius 1 is 1.64 bits per heavy atom. The SMILES string of the molecule is CCCN(CCN)[N+]([O-])=NO. The van der Waals surface area contributed by atoms with Crippen molar-refractivity contribution < 1.29 is 10.2 Å². The van der Waals surface area contributed by atoms with Crippen molar-refractivity contribution in [3.63, 3.8) is 0 Å². The fourth-order valence-electron chi connectivity index (χ4n) is 0.747. The smallest absolute Gasteiger partial charge is 0.230 e. The van der Waals surface area contributed by atoms with Gasteiger partial charge in [-0.25, -0.2) is 0 Å². The van der Waals surface area contributed by atoms with E-state index in [0.717, 1.165) is 6.42 Å². The van der Waals surface area contributed by atoms with Crippen LogP contribution in [0.3, 0.4) is 0 Å². The van der Waals surface area contributed by atoms with Gasteiger partial charge in [-0.15, -0.1) is 5.01 Å². The zero-order valence-electron chi connectivity index (χ0n) is 6.60. The predicted octanol–water partition coefficient (Wildman–Crippen LogP) is -0.0762. The van der Waals surface area contributed by atoms with Crippen LogP contribution < -0.4 is 5.73 Å². The maximum atomic E-state index is 10.7. The standard InChI is InChI=1S/C5H14N4O2/c1-2-4-8(5-3-6)9(11)7-10/h10H,2-6H2,1H3. The summed E-state index contributed by atoms with van der Waals surface area (Å²) in [6.07, 6.45) is 0.814. The van der Waals surface area contributed by atoms with Crippen LogP contribution in [0.5, 0.6) is 0 Å². The van der Waals surface area contributed by atoms with E-state index < -0.39 is 0 Å². The van der Waals surface area contributed by atoms with Crippen molar-refractivity contribution in [2.24, 2.45) is 11.0 Å². The second-order valence-corrected chi connectivity index (χ2v) is 2.08. The van der Waals surface area contributed by atoms with E-state index in [4.69, 9.17) is 10.9 Å². The van der Waals surface area contributed by atoms with Crippen molar-refractivity contribution >= 4 is 0 Å². The van der Waals surface area contributed by atoms with Crippen LogP contribution >= 0.6 is 0 Å². The Morgan fingerprint density at radius 2 is 2.27 bits per heavy atom. The molecular weight excluding hydrogens is 148 g/mol. The second-order valence-electron chi connectivity index (χ2n) is 2.08. The van der Waals surface area contributed by atoms with Crippen LogP contribution in [-0.4, -0.2) is 34.8 Å². The third-order valence-corrected chi connectivity index (χ3v) is 1.19. The summed E-state index contributed by atoms with van der Waals surface area (Å²) in [6, 6.07) is 0. The first-order chi connectivity index (χ1) is 5.26.